The molecule has 4 rings (SSSR count). The van der Waals surface area contributed by atoms with Crippen LogP contribution in [-0.2, 0) is 9.84 Å². The first-order valence-electron chi connectivity index (χ1n) is 10.4. The van der Waals surface area contributed by atoms with Crippen LogP contribution in [0, 0.1) is 5.82 Å². The van der Waals surface area contributed by atoms with Crippen LogP contribution in [0.5, 0.6) is 5.75 Å². The fourth-order valence-corrected chi connectivity index (χ4v) is 4.45. The predicted octanol–water partition coefficient (Wildman–Crippen LogP) is 5.87. The number of carbonyl (C=O) groups excluding carboxylic acids is 1. The van der Waals surface area contributed by atoms with Crippen molar-refractivity contribution in [2.24, 2.45) is 0 Å². The van der Waals surface area contributed by atoms with Crippen LogP contribution in [0.4, 0.5) is 10.1 Å². The number of methoxy groups -OCH3 is 1. The highest BCUT2D eigenvalue weighted by Gasteiger charge is 2.20. The molecule has 1 amide bonds. The zero-order chi connectivity index (χ0) is 25.2. The number of pyridine rings is 1. The Morgan fingerprint density at radius 1 is 0.971 bits per heavy atom. The molecule has 1 N–H and O–H groups in total. The Labute approximate surface area is 207 Å². The molecule has 0 bridgehead atoms. The van der Waals surface area contributed by atoms with Crippen molar-refractivity contribution < 1.29 is 22.3 Å². The summed E-state index contributed by atoms with van der Waals surface area (Å²) in [6.07, 6.45) is 2.69. The third-order valence-electron chi connectivity index (χ3n) is 5.28. The van der Waals surface area contributed by atoms with Gasteiger partial charge in [-0.1, -0.05) is 17.7 Å². The summed E-state index contributed by atoms with van der Waals surface area (Å²) < 4.78 is 43.9. The SMILES string of the molecule is COc1ccc(F)cc1-c1cc(S(C)(=O)=O)ccc1C(=O)Nc1ccc(Cl)c(-c2ccccn2)c1. The summed E-state index contributed by atoms with van der Waals surface area (Å²) in [6, 6.07) is 18.3. The lowest BCUT2D eigenvalue weighted by atomic mass is 9.98. The highest BCUT2D eigenvalue weighted by Crippen LogP contribution is 2.35. The number of halogens is 2. The minimum Gasteiger partial charge on any atom is -0.496 e. The summed E-state index contributed by atoms with van der Waals surface area (Å²) >= 11 is 6.34. The highest BCUT2D eigenvalue weighted by molar-refractivity contribution is 7.90. The summed E-state index contributed by atoms with van der Waals surface area (Å²) in [5, 5.41) is 3.27. The number of hydrogen-bond acceptors (Lipinski definition) is 5. The predicted molar refractivity (Wildman–Crippen MR) is 134 cm³/mol. The summed E-state index contributed by atoms with van der Waals surface area (Å²) in [7, 11) is -2.19. The molecule has 0 aliphatic carbocycles. The molecular formula is C26H20ClFN2O4S. The lowest BCUT2D eigenvalue weighted by Gasteiger charge is -2.15. The van der Waals surface area contributed by atoms with Crippen molar-refractivity contribution in [3.8, 4) is 28.1 Å². The molecule has 35 heavy (non-hydrogen) atoms. The van der Waals surface area contributed by atoms with Gasteiger partial charge in [0.15, 0.2) is 9.84 Å². The maximum Gasteiger partial charge on any atom is 0.256 e. The highest BCUT2D eigenvalue weighted by atomic mass is 35.5. The third-order valence-corrected chi connectivity index (χ3v) is 6.72. The van der Waals surface area contributed by atoms with Gasteiger partial charge in [0.05, 0.1) is 22.7 Å². The van der Waals surface area contributed by atoms with Crippen LogP contribution in [0.1, 0.15) is 10.4 Å². The number of carbonyl (C=O) groups is 1. The van der Waals surface area contributed by atoms with E-state index in [1.165, 1.54) is 43.5 Å². The quantitative estimate of drug-likeness (QED) is 0.350. The van der Waals surface area contributed by atoms with Crippen molar-refractivity contribution in [2.75, 3.05) is 18.7 Å². The van der Waals surface area contributed by atoms with Crippen molar-refractivity contribution >= 4 is 33.0 Å². The number of rotatable bonds is 6. The van der Waals surface area contributed by atoms with E-state index in [0.717, 1.165) is 6.26 Å². The van der Waals surface area contributed by atoms with Crippen LogP contribution >= 0.6 is 11.6 Å². The minimum atomic E-state index is -3.59. The largest absolute Gasteiger partial charge is 0.496 e. The monoisotopic (exact) mass is 510 g/mol. The summed E-state index contributed by atoms with van der Waals surface area (Å²) in [5.41, 5.74) is 2.30. The standard InChI is InChI=1S/C26H20ClFN2O4S/c1-34-25-11-6-16(28)13-21(25)20-15-18(35(2,32)33)8-9-19(20)26(31)30-17-7-10-23(27)22(14-17)24-5-3-4-12-29-24/h3-15H,1-2H3,(H,30,31). The van der Waals surface area contributed by atoms with Gasteiger partial charge in [-0.2, -0.15) is 0 Å². The van der Waals surface area contributed by atoms with E-state index < -0.39 is 21.6 Å². The Morgan fingerprint density at radius 3 is 2.46 bits per heavy atom. The zero-order valence-electron chi connectivity index (χ0n) is 18.7. The van der Waals surface area contributed by atoms with E-state index >= 15 is 0 Å². The number of sulfone groups is 1. The van der Waals surface area contributed by atoms with E-state index in [2.05, 4.69) is 10.3 Å². The molecule has 0 fully saturated rings. The number of ether oxygens (including phenoxy) is 1. The minimum absolute atomic E-state index is 0.0145. The Balaban J connectivity index is 1.79. The van der Waals surface area contributed by atoms with Crippen LogP contribution in [0.15, 0.2) is 83.9 Å². The molecule has 0 saturated carbocycles. The molecule has 0 unspecified atom stereocenters. The van der Waals surface area contributed by atoms with Gasteiger partial charge in [-0.15, -0.1) is 0 Å². The Bertz CT molecular complexity index is 1530. The van der Waals surface area contributed by atoms with E-state index in [4.69, 9.17) is 16.3 Å². The Hall–Kier alpha value is -3.75. The number of aromatic nitrogens is 1. The molecule has 4 aromatic rings. The molecule has 178 valence electrons. The fourth-order valence-electron chi connectivity index (χ4n) is 3.59. The smallest absolute Gasteiger partial charge is 0.256 e. The number of hydrogen-bond donors (Lipinski definition) is 1. The van der Waals surface area contributed by atoms with E-state index in [9.17, 15) is 17.6 Å². The van der Waals surface area contributed by atoms with Gasteiger partial charge in [-0.05, 0) is 72.3 Å². The van der Waals surface area contributed by atoms with Gasteiger partial charge in [0.1, 0.15) is 11.6 Å². The molecule has 1 heterocycles. The first kappa shape index (κ1) is 24.4. The van der Waals surface area contributed by atoms with Crippen molar-refractivity contribution in [3.05, 3.63) is 95.4 Å². The molecule has 9 heteroatoms. The van der Waals surface area contributed by atoms with Gasteiger partial charge in [0.25, 0.3) is 5.91 Å². The van der Waals surface area contributed by atoms with E-state index in [1.807, 2.05) is 6.07 Å². The van der Waals surface area contributed by atoms with E-state index in [-0.39, 0.29) is 27.3 Å². The Kier molecular flexibility index (Phi) is 6.86. The van der Waals surface area contributed by atoms with E-state index in [1.54, 1.807) is 36.5 Å². The maximum atomic E-state index is 14.1. The first-order chi connectivity index (χ1) is 16.7. The number of anilines is 1. The van der Waals surface area contributed by atoms with Gasteiger partial charge in [0, 0.05) is 34.8 Å². The van der Waals surface area contributed by atoms with Crippen LogP contribution in [0.25, 0.3) is 22.4 Å². The van der Waals surface area contributed by atoms with Crippen LogP contribution < -0.4 is 10.1 Å². The van der Waals surface area contributed by atoms with Crippen LogP contribution in [0.3, 0.4) is 0 Å². The zero-order valence-corrected chi connectivity index (χ0v) is 20.3. The number of nitrogens with one attached hydrogen (secondary N) is 1. The lowest BCUT2D eigenvalue weighted by molar-refractivity contribution is 0.102. The number of amides is 1. The van der Waals surface area contributed by atoms with Crippen LogP contribution in [0.2, 0.25) is 5.02 Å². The van der Waals surface area contributed by atoms with Crippen molar-refractivity contribution in [1.82, 2.24) is 4.98 Å². The second-order valence-electron chi connectivity index (χ2n) is 7.69. The second-order valence-corrected chi connectivity index (χ2v) is 10.1. The topological polar surface area (TPSA) is 85.4 Å². The first-order valence-corrected chi connectivity index (χ1v) is 12.6. The van der Waals surface area contributed by atoms with E-state index in [0.29, 0.717) is 22.0 Å². The molecule has 0 saturated heterocycles. The summed E-state index contributed by atoms with van der Waals surface area (Å²) in [4.78, 5) is 17.6. The van der Waals surface area contributed by atoms with Crippen LogP contribution in [-0.4, -0.2) is 32.7 Å². The average Bonchev–Trinajstić information content (AvgIpc) is 2.84. The maximum absolute atomic E-state index is 14.1. The molecule has 1 aromatic heterocycles. The van der Waals surface area contributed by atoms with Crippen molar-refractivity contribution in [1.29, 1.82) is 0 Å². The van der Waals surface area contributed by atoms with Gasteiger partial charge in [-0.3, -0.25) is 9.78 Å². The lowest BCUT2D eigenvalue weighted by Crippen LogP contribution is -2.14. The molecule has 0 aliphatic heterocycles. The van der Waals surface area contributed by atoms with Crippen molar-refractivity contribution in [3.63, 3.8) is 0 Å². The Morgan fingerprint density at radius 2 is 1.77 bits per heavy atom. The van der Waals surface area contributed by atoms with Gasteiger partial charge in [-0.25, -0.2) is 12.8 Å². The number of benzene rings is 3. The average molecular weight is 511 g/mol. The van der Waals surface area contributed by atoms with Gasteiger partial charge >= 0.3 is 0 Å². The molecular weight excluding hydrogens is 491 g/mol. The summed E-state index contributed by atoms with van der Waals surface area (Å²) in [6.45, 7) is 0. The molecule has 6 nitrogen and oxygen atoms in total. The molecule has 0 spiro atoms. The third kappa shape index (κ3) is 5.34. The number of nitrogens with zero attached hydrogens (tertiary/aromatic N) is 1. The molecule has 0 aliphatic rings. The second kappa shape index (κ2) is 9.85. The summed E-state index contributed by atoms with van der Waals surface area (Å²) in [5.74, 6) is -0.801. The van der Waals surface area contributed by atoms with Gasteiger partial charge in [0.2, 0.25) is 0 Å². The van der Waals surface area contributed by atoms with Crippen molar-refractivity contribution in [2.45, 2.75) is 4.90 Å². The molecule has 0 radical (unpaired) electrons. The van der Waals surface area contributed by atoms with Gasteiger partial charge < -0.3 is 10.1 Å². The normalized spacial score (nSPS) is 11.2. The fraction of sp³-hybridized carbons (Fsp3) is 0.0769. The molecule has 3 aromatic carbocycles. The molecule has 0 atom stereocenters.